The van der Waals surface area contributed by atoms with Crippen molar-refractivity contribution < 1.29 is 1.37 Å². The van der Waals surface area contributed by atoms with Gasteiger partial charge in [-0.2, -0.15) is 0 Å². The minimum atomic E-state index is 0.255. The Morgan fingerprint density at radius 3 is 3.56 bits per heavy atom. The summed E-state index contributed by atoms with van der Waals surface area (Å²) in [5.41, 5.74) is 0.774. The lowest BCUT2D eigenvalue weighted by atomic mass is 10.7. The Hall–Kier alpha value is -1.38. The van der Waals surface area contributed by atoms with E-state index in [1.807, 2.05) is 0 Å². The van der Waals surface area contributed by atoms with Crippen molar-refractivity contribution in [2.24, 2.45) is 0 Å². The summed E-state index contributed by atoms with van der Waals surface area (Å²) < 4.78 is 8.92. The Kier molecular flexibility index (Phi) is 0.621. The van der Waals surface area contributed by atoms with E-state index in [1.165, 1.54) is 0 Å². The molecule has 0 amide bonds. The first-order valence-corrected chi connectivity index (χ1v) is 2.61. The molecule has 2 aromatic heterocycles. The van der Waals surface area contributed by atoms with Gasteiger partial charge in [-0.1, -0.05) is 0 Å². The molecule has 9 heavy (non-hydrogen) atoms. The zero-order chi connectivity index (χ0) is 6.97. The molecule has 0 bridgehead atoms. The second-order valence-electron chi connectivity index (χ2n) is 1.71. The molecule has 0 saturated heterocycles. The smallest absolute Gasteiger partial charge is 0.155 e. The van der Waals surface area contributed by atoms with Crippen LogP contribution in [0.15, 0.2) is 31.0 Å². The highest BCUT2D eigenvalue weighted by atomic mass is 15.0. The van der Waals surface area contributed by atoms with Gasteiger partial charge in [0, 0.05) is 24.8 Å². The average molecular weight is 120 g/mol. The predicted octanol–water partition coefficient (Wildman–Crippen LogP) is 0.729. The van der Waals surface area contributed by atoms with E-state index in [0.29, 0.717) is 0 Å². The molecule has 0 aliphatic rings. The van der Waals surface area contributed by atoms with Crippen molar-refractivity contribution >= 4 is 5.65 Å². The van der Waals surface area contributed by atoms with Crippen LogP contribution in [0.25, 0.3) is 5.65 Å². The van der Waals surface area contributed by atoms with E-state index < -0.39 is 0 Å². The Bertz CT molecular complexity index is 355. The molecule has 0 saturated carbocycles. The Balaban J connectivity index is 2.86. The summed E-state index contributed by atoms with van der Waals surface area (Å²) in [6, 6.07) is 0. The molecule has 2 heterocycles. The number of fused-ring (bicyclic) bond motifs is 1. The molecule has 3 heteroatoms. The molecule has 44 valence electrons. The maximum atomic E-state index is 7.16. The Morgan fingerprint density at radius 2 is 2.56 bits per heavy atom. The summed E-state index contributed by atoms with van der Waals surface area (Å²) >= 11 is 0. The molecule has 0 aromatic carbocycles. The highest BCUT2D eigenvalue weighted by Crippen LogP contribution is 1.93. The first-order chi connectivity index (χ1) is 4.86. The first kappa shape index (κ1) is 3.61. The van der Waals surface area contributed by atoms with Crippen molar-refractivity contribution in [2.75, 3.05) is 0 Å². The molecule has 2 aromatic rings. The van der Waals surface area contributed by atoms with Crippen molar-refractivity contribution in [3.8, 4) is 0 Å². The van der Waals surface area contributed by atoms with Gasteiger partial charge in [-0.3, -0.25) is 4.98 Å². The second-order valence-corrected chi connectivity index (χ2v) is 1.71. The minimum absolute atomic E-state index is 0.255. The molecule has 0 radical (unpaired) electrons. The quantitative estimate of drug-likeness (QED) is 0.513. The molecule has 0 N–H and O–H groups in total. The summed E-state index contributed by atoms with van der Waals surface area (Å²) in [5.74, 6) is 0. The van der Waals surface area contributed by atoms with Crippen LogP contribution in [-0.2, 0) is 0 Å². The normalized spacial score (nSPS) is 11.8. The van der Waals surface area contributed by atoms with Crippen LogP contribution in [0, 0.1) is 0 Å². The van der Waals surface area contributed by atoms with Gasteiger partial charge in [0.15, 0.2) is 5.65 Å². The van der Waals surface area contributed by atoms with Crippen molar-refractivity contribution in [1.82, 2.24) is 14.4 Å². The Labute approximate surface area is 53.4 Å². The summed E-state index contributed by atoms with van der Waals surface area (Å²) in [5, 5.41) is 0. The molecular formula is C6H5N3. The zero-order valence-electron chi connectivity index (χ0n) is 5.65. The number of rotatable bonds is 0. The van der Waals surface area contributed by atoms with Crippen molar-refractivity contribution in [1.29, 1.82) is 0 Å². The third kappa shape index (κ3) is 0.579. The van der Waals surface area contributed by atoms with E-state index in [4.69, 9.17) is 1.37 Å². The highest BCUT2D eigenvalue weighted by molar-refractivity contribution is 5.33. The summed E-state index contributed by atoms with van der Waals surface area (Å²) in [6.45, 7) is 0. The molecule has 0 atom stereocenters. The molecule has 2 rings (SSSR count). The number of aromatic nitrogens is 3. The molecule has 0 aliphatic carbocycles. The van der Waals surface area contributed by atoms with Crippen LogP contribution in [0.2, 0.25) is 0 Å². The maximum Gasteiger partial charge on any atom is 0.155 e. The fourth-order valence-corrected chi connectivity index (χ4v) is 0.724. The van der Waals surface area contributed by atoms with Crippen LogP contribution in [0.4, 0.5) is 0 Å². The third-order valence-corrected chi connectivity index (χ3v) is 1.15. The first-order valence-electron chi connectivity index (χ1n) is 3.11. The molecule has 0 unspecified atom stereocenters. The van der Waals surface area contributed by atoms with Crippen LogP contribution in [0.1, 0.15) is 1.37 Å². The summed E-state index contributed by atoms with van der Waals surface area (Å²) in [4.78, 5) is 7.74. The number of imidazole rings is 1. The van der Waals surface area contributed by atoms with Crippen LogP contribution in [0.3, 0.4) is 0 Å². The van der Waals surface area contributed by atoms with Crippen LogP contribution >= 0.6 is 0 Å². The number of hydrogen-bond donors (Lipinski definition) is 0. The van der Waals surface area contributed by atoms with Gasteiger partial charge in [0.1, 0.15) is 0 Å². The van der Waals surface area contributed by atoms with Gasteiger partial charge >= 0.3 is 0 Å². The van der Waals surface area contributed by atoms with Gasteiger partial charge < -0.3 is 4.40 Å². The van der Waals surface area contributed by atoms with E-state index in [0.717, 1.165) is 5.65 Å². The van der Waals surface area contributed by atoms with Crippen molar-refractivity contribution in [2.45, 2.75) is 0 Å². The largest absolute Gasteiger partial charge is 0.304 e. The number of hydrogen-bond acceptors (Lipinski definition) is 2. The topological polar surface area (TPSA) is 30.2 Å². The van der Waals surface area contributed by atoms with Crippen LogP contribution < -0.4 is 0 Å². The lowest BCUT2D eigenvalue weighted by Gasteiger charge is -1.86. The fourth-order valence-electron chi connectivity index (χ4n) is 0.724. The van der Waals surface area contributed by atoms with Crippen LogP contribution in [0.5, 0.6) is 0 Å². The molecule has 0 aliphatic heterocycles. The molecule has 0 spiro atoms. The van der Waals surface area contributed by atoms with Gasteiger partial charge in [-0.05, 0) is 0 Å². The lowest BCUT2D eigenvalue weighted by molar-refractivity contribution is 1.13. The van der Waals surface area contributed by atoms with Gasteiger partial charge in [0.2, 0.25) is 0 Å². The lowest BCUT2D eigenvalue weighted by Crippen LogP contribution is -1.81. The van der Waals surface area contributed by atoms with E-state index in [2.05, 4.69) is 9.97 Å². The minimum Gasteiger partial charge on any atom is -0.304 e. The maximum absolute atomic E-state index is 7.16. The predicted molar refractivity (Wildman–Crippen MR) is 33.0 cm³/mol. The van der Waals surface area contributed by atoms with E-state index in [9.17, 15) is 0 Å². The zero-order valence-corrected chi connectivity index (χ0v) is 4.65. The molecule has 0 fully saturated rings. The van der Waals surface area contributed by atoms with Crippen LogP contribution in [-0.4, -0.2) is 14.4 Å². The van der Waals surface area contributed by atoms with E-state index in [1.54, 1.807) is 29.2 Å². The van der Waals surface area contributed by atoms with Gasteiger partial charge in [-0.15, -0.1) is 0 Å². The van der Waals surface area contributed by atoms with Gasteiger partial charge in [0.25, 0.3) is 0 Å². The van der Waals surface area contributed by atoms with Crippen molar-refractivity contribution in [3.63, 3.8) is 0 Å². The van der Waals surface area contributed by atoms with E-state index >= 15 is 0 Å². The highest BCUT2D eigenvalue weighted by Gasteiger charge is 1.86. The number of nitrogens with zero attached hydrogens (tertiary/aromatic N) is 3. The van der Waals surface area contributed by atoms with Gasteiger partial charge in [0.05, 0.1) is 7.57 Å². The molecule has 3 nitrogen and oxygen atoms in total. The average Bonchev–Trinajstić information content (AvgIpc) is 2.33. The van der Waals surface area contributed by atoms with E-state index in [-0.39, 0.29) is 6.17 Å². The monoisotopic (exact) mass is 120 g/mol. The fraction of sp³-hybridized carbons (Fsp3) is 0. The second kappa shape index (κ2) is 1.55. The SMILES string of the molecule is [2H]c1cn2ccnc2cn1. The van der Waals surface area contributed by atoms with Gasteiger partial charge in [-0.25, -0.2) is 4.98 Å². The summed E-state index contributed by atoms with van der Waals surface area (Å²) in [7, 11) is 0. The Morgan fingerprint density at radius 1 is 1.56 bits per heavy atom. The molecular weight excluding hydrogens is 114 g/mol. The third-order valence-electron chi connectivity index (χ3n) is 1.15. The summed E-state index contributed by atoms with van der Waals surface area (Å²) in [6.07, 6.45) is 6.90. The van der Waals surface area contributed by atoms with Crippen molar-refractivity contribution in [3.05, 3.63) is 31.0 Å². The standard InChI is InChI=1S/C6H5N3/c1-3-9-4-2-8-6(9)5-7-1/h1-5H/i1D.